The Morgan fingerprint density at radius 3 is 2.68 bits per heavy atom. The molecule has 0 spiro atoms. The molecule has 120 valence electrons. The normalized spacial score (nSPS) is 11.6. The van der Waals surface area contributed by atoms with Crippen LogP contribution in [0.25, 0.3) is 5.65 Å². The molecule has 0 N–H and O–H groups in total. The Morgan fingerprint density at radius 2 is 2.05 bits per heavy atom. The van der Waals surface area contributed by atoms with Crippen LogP contribution in [-0.2, 0) is 0 Å². The van der Waals surface area contributed by atoms with Crippen LogP contribution in [-0.4, -0.2) is 41.5 Å². The summed E-state index contributed by atoms with van der Waals surface area (Å²) in [6.45, 7) is 7.64. The summed E-state index contributed by atoms with van der Waals surface area (Å²) in [6.07, 6.45) is 2.68. The second kappa shape index (κ2) is 6.92. The van der Waals surface area contributed by atoms with Gasteiger partial charge >= 0.3 is 0 Å². The van der Waals surface area contributed by atoms with Gasteiger partial charge in [0.1, 0.15) is 11.4 Å². The summed E-state index contributed by atoms with van der Waals surface area (Å²) in [5, 5.41) is 0. The van der Waals surface area contributed by atoms with Crippen molar-refractivity contribution in [3.05, 3.63) is 39.9 Å². The lowest BCUT2D eigenvalue weighted by Gasteiger charge is -2.13. The number of aromatic nitrogens is 2. The highest BCUT2D eigenvalue weighted by Crippen LogP contribution is 2.18. The van der Waals surface area contributed by atoms with Crippen molar-refractivity contribution in [1.82, 2.24) is 14.3 Å². The second-order valence-electron chi connectivity index (χ2n) is 6.23. The largest absolute Gasteiger partial charge is 0.492 e. The molecular formula is C17H25N3O2. The number of aryl methyl sites for hydroxylation is 1. The highest BCUT2D eigenvalue weighted by Gasteiger charge is 2.09. The molecule has 0 amide bonds. The van der Waals surface area contributed by atoms with Crippen LogP contribution in [0, 0.1) is 6.92 Å². The quantitative estimate of drug-likeness (QED) is 0.769. The number of hydrogen-bond acceptors (Lipinski definition) is 4. The van der Waals surface area contributed by atoms with Gasteiger partial charge in [-0.15, -0.1) is 0 Å². The van der Waals surface area contributed by atoms with Crippen molar-refractivity contribution in [3.63, 3.8) is 0 Å². The lowest BCUT2D eigenvalue weighted by atomic mass is 10.1. The maximum atomic E-state index is 12.3. The molecule has 0 aromatic carbocycles. The predicted molar refractivity (Wildman–Crippen MR) is 89.0 cm³/mol. The van der Waals surface area contributed by atoms with E-state index in [1.165, 1.54) is 0 Å². The predicted octanol–water partition coefficient (Wildman–Crippen LogP) is 2.46. The van der Waals surface area contributed by atoms with Crippen LogP contribution in [0.5, 0.6) is 5.75 Å². The molecule has 0 saturated carbocycles. The summed E-state index contributed by atoms with van der Waals surface area (Å²) < 4.78 is 7.34. The Hall–Kier alpha value is -1.88. The van der Waals surface area contributed by atoms with Crippen molar-refractivity contribution in [3.8, 4) is 5.75 Å². The summed E-state index contributed by atoms with van der Waals surface area (Å²) in [7, 11) is 4.08. The zero-order chi connectivity index (χ0) is 16.3. The Bertz CT molecular complexity index is 705. The Morgan fingerprint density at radius 1 is 1.32 bits per heavy atom. The van der Waals surface area contributed by atoms with Gasteiger partial charge < -0.3 is 9.64 Å². The van der Waals surface area contributed by atoms with Gasteiger partial charge in [-0.2, -0.15) is 0 Å². The maximum Gasteiger partial charge on any atom is 0.258 e. The zero-order valence-electron chi connectivity index (χ0n) is 14.1. The van der Waals surface area contributed by atoms with Crippen LogP contribution in [0.15, 0.2) is 23.1 Å². The van der Waals surface area contributed by atoms with Gasteiger partial charge in [0, 0.05) is 12.6 Å². The van der Waals surface area contributed by atoms with Crippen LogP contribution in [0.4, 0.5) is 0 Å². The van der Waals surface area contributed by atoms with E-state index in [2.05, 4.69) is 9.88 Å². The number of ether oxygens (including phenoxy) is 1. The minimum atomic E-state index is -0.0597. The lowest BCUT2D eigenvalue weighted by Crippen LogP contribution is -2.18. The zero-order valence-corrected chi connectivity index (χ0v) is 14.1. The molecule has 0 bridgehead atoms. The fourth-order valence-electron chi connectivity index (χ4n) is 2.30. The van der Waals surface area contributed by atoms with E-state index in [-0.39, 0.29) is 11.5 Å². The van der Waals surface area contributed by atoms with Crippen molar-refractivity contribution in [2.75, 3.05) is 27.2 Å². The molecule has 5 nitrogen and oxygen atoms in total. The van der Waals surface area contributed by atoms with E-state index in [1.807, 2.05) is 40.9 Å². The first kappa shape index (κ1) is 16.5. The van der Waals surface area contributed by atoms with Crippen LogP contribution < -0.4 is 10.3 Å². The molecule has 22 heavy (non-hydrogen) atoms. The van der Waals surface area contributed by atoms with Crippen LogP contribution >= 0.6 is 0 Å². The second-order valence-corrected chi connectivity index (χ2v) is 6.23. The summed E-state index contributed by atoms with van der Waals surface area (Å²) in [5.41, 5.74) is 2.42. The molecule has 2 aromatic rings. The molecule has 0 aliphatic carbocycles. The Labute approximate surface area is 131 Å². The van der Waals surface area contributed by atoms with Crippen LogP contribution in [0.2, 0.25) is 0 Å². The molecular weight excluding hydrogens is 278 g/mol. The average molecular weight is 303 g/mol. The molecule has 2 aromatic heterocycles. The van der Waals surface area contributed by atoms with Gasteiger partial charge in [0.05, 0.1) is 18.5 Å². The topological polar surface area (TPSA) is 46.8 Å². The van der Waals surface area contributed by atoms with E-state index in [0.29, 0.717) is 18.0 Å². The van der Waals surface area contributed by atoms with Gasteiger partial charge in [-0.3, -0.25) is 9.20 Å². The van der Waals surface area contributed by atoms with Crippen LogP contribution in [0.1, 0.15) is 37.4 Å². The van der Waals surface area contributed by atoms with Gasteiger partial charge in [-0.25, -0.2) is 4.98 Å². The first-order chi connectivity index (χ1) is 10.4. The van der Waals surface area contributed by atoms with Gasteiger partial charge in [0.15, 0.2) is 0 Å². The Kier molecular flexibility index (Phi) is 5.19. The molecule has 0 aliphatic heterocycles. The molecule has 2 heterocycles. The standard InChI is InChI=1S/C17H25N3O2/c1-12(2)15-10-16(21)20-11-14(9-13(3)17(20)18-15)22-8-6-7-19(4)5/h9-12H,6-8H2,1-5H3. The molecule has 2 rings (SSSR count). The first-order valence-electron chi connectivity index (χ1n) is 7.70. The SMILES string of the molecule is Cc1cc(OCCCN(C)C)cn2c(=O)cc(C(C)C)nc12. The third kappa shape index (κ3) is 3.85. The summed E-state index contributed by atoms with van der Waals surface area (Å²) in [6, 6.07) is 3.55. The average Bonchev–Trinajstić information content (AvgIpc) is 2.44. The Balaban J connectivity index is 2.27. The summed E-state index contributed by atoms with van der Waals surface area (Å²) >= 11 is 0. The van der Waals surface area contributed by atoms with Crippen molar-refractivity contribution in [2.24, 2.45) is 0 Å². The summed E-state index contributed by atoms with van der Waals surface area (Å²) in [4.78, 5) is 19.0. The first-order valence-corrected chi connectivity index (χ1v) is 7.70. The monoisotopic (exact) mass is 303 g/mol. The van der Waals surface area contributed by atoms with E-state index in [4.69, 9.17) is 4.74 Å². The number of fused-ring (bicyclic) bond motifs is 1. The van der Waals surface area contributed by atoms with E-state index in [0.717, 1.165) is 24.2 Å². The van der Waals surface area contributed by atoms with E-state index in [9.17, 15) is 4.79 Å². The van der Waals surface area contributed by atoms with Gasteiger partial charge in [0.25, 0.3) is 5.56 Å². The lowest BCUT2D eigenvalue weighted by molar-refractivity contribution is 0.280. The fraction of sp³-hybridized carbons (Fsp3) is 0.529. The third-order valence-corrected chi connectivity index (χ3v) is 3.55. The molecule has 0 saturated heterocycles. The van der Waals surface area contributed by atoms with E-state index < -0.39 is 0 Å². The third-order valence-electron chi connectivity index (χ3n) is 3.55. The van der Waals surface area contributed by atoms with Crippen LogP contribution in [0.3, 0.4) is 0 Å². The van der Waals surface area contributed by atoms with Crippen molar-refractivity contribution in [2.45, 2.75) is 33.1 Å². The van der Waals surface area contributed by atoms with Crippen molar-refractivity contribution < 1.29 is 4.74 Å². The van der Waals surface area contributed by atoms with Gasteiger partial charge in [-0.1, -0.05) is 13.8 Å². The van der Waals surface area contributed by atoms with Crippen molar-refractivity contribution in [1.29, 1.82) is 0 Å². The van der Waals surface area contributed by atoms with Gasteiger partial charge in [-0.05, 0) is 45.0 Å². The highest BCUT2D eigenvalue weighted by atomic mass is 16.5. The maximum absolute atomic E-state index is 12.3. The number of rotatable bonds is 6. The number of pyridine rings is 1. The van der Waals surface area contributed by atoms with E-state index in [1.54, 1.807) is 16.7 Å². The minimum absolute atomic E-state index is 0.0597. The molecule has 0 aliphatic rings. The highest BCUT2D eigenvalue weighted by molar-refractivity contribution is 5.50. The molecule has 0 fully saturated rings. The van der Waals surface area contributed by atoms with Crippen molar-refractivity contribution >= 4 is 5.65 Å². The fourth-order valence-corrected chi connectivity index (χ4v) is 2.30. The minimum Gasteiger partial charge on any atom is -0.492 e. The smallest absolute Gasteiger partial charge is 0.258 e. The van der Waals surface area contributed by atoms with E-state index >= 15 is 0 Å². The molecule has 0 unspecified atom stereocenters. The van der Waals surface area contributed by atoms with Gasteiger partial charge in [0.2, 0.25) is 0 Å². The summed E-state index contributed by atoms with van der Waals surface area (Å²) in [5.74, 6) is 0.948. The molecule has 0 radical (unpaired) electrons. The number of nitrogens with zero attached hydrogens (tertiary/aromatic N) is 3. The molecule has 5 heteroatoms. The molecule has 0 atom stereocenters. The number of hydrogen-bond donors (Lipinski definition) is 0.